The highest BCUT2D eigenvalue weighted by Crippen LogP contribution is 2.30. The zero-order valence-electron chi connectivity index (χ0n) is 18.9. The summed E-state index contributed by atoms with van der Waals surface area (Å²) in [4.78, 5) is 12.7. The van der Waals surface area contributed by atoms with Crippen LogP contribution in [0.3, 0.4) is 0 Å². The molecule has 34 heavy (non-hydrogen) atoms. The lowest BCUT2D eigenvalue weighted by Gasteiger charge is -2.24. The topological polar surface area (TPSA) is 97.3 Å². The van der Waals surface area contributed by atoms with Gasteiger partial charge in [-0.3, -0.25) is 9.10 Å². The van der Waals surface area contributed by atoms with Gasteiger partial charge in [0.05, 0.1) is 35.5 Å². The van der Waals surface area contributed by atoms with E-state index in [0.29, 0.717) is 27.2 Å². The predicted octanol–water partition coefficient (Wildman–Crippen LogP) is 4.12. The van der Waals surface area contributed by atoms with Crippen molar-refractivity contribution in [1.29, 1.82) is 0 Å². The molecule has 10 heteroatoms. The van der Waals surface area contributed by atoms with Crippen LogP contribution in [0.4, 0.5) is 5.69 Å². The van der Waals surface area contributed by atoms with Crippen molar-refractivity contribution in [3.05, 3.63) is 82.3 Å². The fourth-order valence-corrected chi connectivity index (χ4v) is 5.21. The summed E-state index contributed by atoms with van der Waals surface area (Å²) in [6.45, 7) is 1.42. The second kappa shape index (κ2) is 11.2. The van der Waals surface area contributed by atoms with E-state index in [1.807, 2.05) is 19.1 Å². The first kappa shape index (κ1) is 25.3. The van der Waals surface area contributed by atoms with Crippen LogP contribution >= 0.6 is 15.9 Å². The molecule has 3 aromatic carbocycles. The number of hydrazone groups is 1. The molecule has 0 aliphatic heterocycles. The Morgan fingerprint density at radius 3 is 2.35 bits per heavy atom. The van der Waals surface area contributed by atoms with Gasteiger partial charge in [-0.25, -0.2) is 13.8 Å². The second-order valence-electron chi connectivity index (χ2n) is 7.18. The molecule has 0 aliphatic rings. The van der Waals surface area contributed by atoms with Crippen molar-refractivity contribution >= 4 is 43.8 Å². The van der Waals surface area contributed by atoms with Crippen LogP contribution in [-0.2, 0) is 14.8 Å². The van der Waals surface area contributed by atoms with E-state index in [2.05, 4.69) is 26.5 Å². The fraction of sp³-hybridized carbons (Fsp3) is 0.167. The molecule has 0 aromatic heterocycles. The van der Waals surface area contributed by atoms with Crippen LogP contribution in [-0.4, -0.2) is 41.3 Å². The van der Waals surface area contributed by atoms with E-state index in [9.17, 15) is 13.2 Å². The quantitative estimate of drug-likeness (QED) is 0.322. The number of carbonyl (C=O) groups is 1. The van der Waals surface area contributed by atoms with Gasteiger partial charge in [-0.15, -0.1) is 0 Å². The first-order chi connectivity index (χ1) is 16.3. The molecule has 0 aliphatic carbocycles. The number of hydrogen-bond donors (Lipinski definition) is 1. The van der Waals surface area contributed by atoms with Gasteiger partial charge in [0.15, 0.2) is 0 Å². The molecule has 0 fully saturated rings. The number of nitrogens with zero attached hydrogens (tertiary/aromatic N) is 2. The van der Waals surface area contributed by atoms with Crippen LogP contribution < -0.4 is 19.2 Å². The summed E-state index contributed by atoms with van der Waals surface area (Å²) >= 11 is 3.32. The maximum atomic E-state index is 13.5. The van der Waals surface area contributed by atoms with E-state index >= 15 is 0 Å². The van der Waals surface area contributed by atoms with E-state index in [4.69, 9.17) is 9.47 Å². The maximum absolute atomic E-state index is 13.5. The molecule has 0 spiro atoms. The smallest absolute Gasteiger partial charge is 0.264 e. The number of ether oxygens (including phenoxy) is 2. The van der Waals surface area contributed by atoms with Gasteiger partial charge in [-0.1, -0.05) is 29.8 Å². The van der Waals surface area contributed by atoms with E-state index in [1.54, 1.807) is 42.5 Å². The Labute approximate surface area is 207 Å². The average Bonchev–Trinajstić information content (AvgIpc) is 2.83. The molecule has 0 heterocycles. The summed E-state index contributed by atoms with van der Waals surface area (Å²) in [5.74, 6) is 0.474. The largest absolute Gasteiger partial charge is 0.496 e. The molecule has 178 valence electrons. The zero-order valence-corrected chi connectivity index (χ0v) is 21.3. The average molecular weight is 546 g/mol. The van der Waals surface area contributed by atoms with E-state index in [0.717, 1.165) is 9.87 Å². The van der Waals surface area contributed by atoms with Crippen LogP contribution in [0.1, 0.15) is 11.1 Å². The fourth-order valence-electron chi connectivity index (χ4n) is 3.07. The summed E-state index contributed by atoms with van der Waals surface area (Å²) in [7, 11) is -1.06. The first-order valence-electron chi connectivity index (χ1n) is 10.1. The van der Waals surface area contributed by atoms with Gasteiger partial charge in [0.1, 0.15) is 18.0 Å². The SMILES string of the molecule is COc1ccc(S(=O)(=O)N(CC(=O)N/N=C/c2ccccc2OC)c2ccc(C)cc2)cc1Br. The lowest BCUT2D eigenvalue weighted by Crippen LogP contribution is -2.39. The van der Waals surface area contributed by atoms with Gasteiger partial charge in [-0.05, 0) is 65.3 Å². The molecule has 0 unspecified atom stereocenters. The van der Waals surface area contributed by atoms with Gasteiger partial charge < -0.3 is 9.47 Å². The van der Waals surface area contributed by atoms with Crippen molar-refractivity contribution in [2.24, 2.45) is 5.10 Å². The van der Waals surface area contributed by atoms with Crippen LogP contribution in [0.25, 0.3) is 0 Å². The Bertz CT molecular complexity index is 1290. The monoisotopic (exact) mass is 545 g/mol. The van der Waals surface area contributed by atoms with Crippen LogP contribution in [0, 0.1) is 6.92 Å². The maximum Gasteiger partial charge on any atom is 0.264 e. The van der Waals surface area contributed by atoms with E-state index in [-0.39, 0.29) is 4.90 Å². The number of carbonyl (C=O) groups excluding carboxylic acids is 1. The third-order valence-electron chi connectivity index (χ3n) is 4.85. The summed E-state index contributed by atoms with van der Waals surface area (Å²) in [5.41, 5.74) is 4.36. The van der Waals surface area contributed by atoms with Gasteiger partial charge in [0, 0.05) is 5.56 Å². The van der Waals surface area contributed by atoms with Gasteiger partial charge in [0.2, 0.25) is 0 Å². The number of anilines is 1. The van der Waals surface area contributed by atoms with Crippen LogP contribution in [0.2, 0.25) is 0 Å². The minimum absolute atomic E-state index is 0.00562. The number of aryl methyl sites for hydroxylation is 1. The lowest BCUT2D eigenvalue weighted by atomic mass is 10.2. The third kappa shape index (κ3) is 5.95. The Morgan fingerprint density at radius 2 is 1.71 bits per heavy atom. The van der Waals surface area contributed by atoms with Crippen LogP contribution in [0.5, 0.6) is 11.5 Å². The van der Waals surface area contributed by atoms with E-state index < -0.39 is 22.5 Å². The van der Waals surface area contributed by atoms with Crippen molar-refractivity contribution in [2.75, 3.05) is 25.1 Å². The summed E-state index contributed by atoms with van der Waals surface area (Å²) < 4.78 is 39.0. The van der Waals surface area contributed by atoms with Gasteiger partial charge in [-0.2, -0.15) is 5.10 Å². The molecule has 0 saturated heterocycles. The summed E-state index contributed by atoms with van der Waals surface area (Å²) in [6.07, 6.45) is 1.43. The molecule has 1 amide bonds. The molecule has 8 nitrogen and oxygen atoms in total. The van der Waals surface area contributed by atoms with Crippen molar-refractivity contribution < 1.29 is 22.7 Å². The highest BCUT2D eigenvalue weighted by atomic mass is 79.9. The molecule has 0 saturated carbocycles. The lowest BCUT2D eigenvalue weighted by molar-refractivity contribution is -0.119. The zero-order chi connectivity index (χ0) is 24.7. The Morgan fingerprint density at radius 1 is 1.03 bits per heavy atom. The highest BCUT2D eigenvalue weighted by molar-refractivity contribution is 9.10. The Balaban J connectivity index is 1.87. The number of nitrogens with one attached hydrogen (secondary N) is 1. The number of rotatable bonds is 9. The highest BCUT2D eigenvalue weighted by Gasteiger charge is 2.28. The summed E-state index contributed by atoms with van der Waals surface area (Å²) in [6, 6.07) is 18.4. The van der Waals surface area contributed by atoms with Crippen molar-refractivity contribution in [2.45, 2.75) is 11.8 Å². The number of hydrogen-bond acceptors (Lipinski definition) is 6. The number of para-hydroxylation sites is 1. The molecule has 1 N–H and O–H groups in total. The Kier molecular flexibility index (Phi) is 8.30. The normalized spacial score (nSPS) is 11.3. The number of halogens is 1. The number of amides is 1. The predicted molar refractivity (Wildman–Crippen MR) is 135 cm³/mol. The minimum Gasteiger partial charge on any atom is -0.496 e. The van der Waals surface area contributed by atoms with Gasteiger partial charge in [0.25, 0.3) is 15.9 Å². The van der Waals surface area contributed by atoms with Crippen LogP contribution in [0.15, 0.2) is 81.2 Å². The molecule has 0 bridgehead atoms. The molecular formula is C24H24BrN3O5S. The van der Waals surface area contributed by atoms with Crippen molar-refractivity contribution in [3.8, 4) is 11.5 Å². The molecule has 3 rings (SSSR count). The van der Waals surface area contributed by atoms with E-state index in [1.165, 1.54) is 32.6 Å². The standard InChI is InChI=1S/C24H24BrN3O5S/c1-17-8-10-19(11-9-17)28(34(30,31)20-12-13-23(33-3)21(25)14-20)16-24(29)27-26-15-18-6-4-5-7-22(18)32-2/h4-15H,16H2,1-3H3,(H,27,29)/b26-15+. The first-order valence-corrected chi connectivity index (χ1v) is 12.4. The number of methoxy groups -OCH3 is 2. The molecule has 0 radical (unpaired) electrons. The number of benzene rings is 3. The van der Waals surface area contributed by atoms with Crippen molar-refractivity contribution in [1.82, 2.24) is 5.43 Å². The summed E-state index contributed by atoms with van der Waals surface area (Å²) in [5, 5.41) is 3.95. The molecular weight excluding hydrogens is 522 g/mol. The molecule has 0 atom stereocenters. The molecule has 3 aromatic rings. The third-order valence-corrected chi connectivity index (χ3v) is 7.24. The number of sulfonamides is 1. The van der Waals surface area contributed by atoms with Crippen molar-refractivity contribution in [3.63, 3.8) is 0 Å². The Hall–Kier alpha value is -3.37. The minimum atomic E-state index is -4.08. The van der Waals surface area contributed by atoms with Gasteiger partial charge >= 0.3 is 0 Å². The second-order valence-corrected chi connectivity index (χ2v) is 9.90.